The molecule has 0 nitrogen and oxygen atoms in total. The van der Waals surface area contributed by atoms with Gasteiger partial charge in [0.05, 0.1) is 24.0 Å². The van der Waals surface area contributed by atoms with E-state index in [0.29, 0.717) is 0 Å². The van der Waals surface area contributed by atoms with Crippen molar-refractivity contribution in [1.82, 2.24) is 0 Å². The Balaban J connectivity index is 2.40. The highest BCUT2D eigenvalue weighted by Gasteiger charge is 2.39. The van der Waals surface area contributed by atoms with Gasteiger partial charge in [0.25, 0.3) is 0 Å². The van der Waals surface area contributed by atoms with Crippen LogP contribution < -0.4 is 15.9 Å². The van der Waals surface area contributed by atoms with Gasteiger partial charge in [0.1, 0.15) is 0 Å². The molecule has 3 aromatic carbocycles. The summed E-state index contributed by atoms with van der Waals surface area (Å²) in [7, 11) is -1.24. The van der Waals surface area contributed by atoms with Gasteiger partial charge in [-0.1, -0.05) is 131 Å². The van der Waals surface area contributed by atoms with Gasteiger partial charge in [-0.3, -0.25) is 0 Å². The zero-order chi connectivity index (χ0) is 23.4. The Morgan fingerprint density at radius 2 is 0.818 bits per heavy atom. The lowest BCUT2D eigenvalue weighted by Crippen LogP contribution is -2.28. The molecule has 0 fully saturated rings. The molecule has 2 heteroatoms. The second kappa shape index (κ2) is 13.3. The fourth-order valence-corrected chi connectivity index (χ4v) is 17.2. The van der Waals surface area contributed by atoms with Gasteiger partial charge < -0.3 is 0 Å². The molecule has 0 amide bonds. The third-order valence-corrected chi connectivity index (χ3v) is 17.1. The number of unbranched alkanes of at least 4 members (excludes halogenated alkanes) is 3. The van der Waals surface area contributed by atoms with E-state index in [0.717, 1.165) is 0 Å². The van der Waals surface area contributed by atoms with Crippen LogP contribution in [0, 0.1) is 0 Å². The minimum absolute atomic E-state index is 1.24. The minimum Gasteiger partial charge on any atom is -0.0652 e. The predicted octanol–water partition coefficient (Wildman–Crippen LogP) is 8.16. The Labute approximate surface area is 204 Å². The zero-order valence-corrected chi connectivity index (χ0v) is 22.8. The molecule has 0 N–H and O–H groups in total. The highest BCUT2D eigenvalue weighted by atomic mass is 31.2. The third-order valence-electron chi connectivity index (χ3n) is 6.78. The van der Waals surface area contributed by atoms with E-state index in [1.54, 1.807) is 0 Å². The average molecular weight is 478 g/mol. The largest absolute Gasteiger partial charge is 0.0666 e. The Hall–Kier alpha value is -1.61. The summed E-state index contributed by atoms with van der Waals surface area (Å²) in [5.41, 5.74) is 3.03. The molecule has 0 aliphatic heterocycles. The van der Waals surface area contributed by atoms with Crippen molar-refractivity contribution in [3.63, 3.8) is 0 Å². The molecule has 0 saturated carbocycles. The molecule has 0 bridgehead atoms. The second-order valence-electron chi connectivity index (χ2n) is 9.29. The van der Waals surface area contributed by atoms with Crippen molar-refractivity contribution in [2.45, 2.75) is 59.3 Å². The third kappa shape index (κ3) is 6.50. The van der Waals surface area contributed by atoms with Crippen LogP contribution in [0.15, 0.2) is 91.0 Å². The molecule has 0 unspecified atom stereocenters. The monoisotopic (exact) mass is 477 g/mol. The van der Waals surface area contributed by atoms with Crippen molar-refractivity contribution in [2.75, 3.05) is 18.5 Å². The number of hydrogen-bond acceptors (Lipinski definition) is 0. The molecular formula is C31H43P2+. The molecule has 33 heavy (non-hydrogen) atoms. The molecule has 0 saturated heterocycles. The first-order valence-corrected chi connectivity index (χ1v) is 17.3. The Morgan fingerprint density at radius 3 is 1.09 bits per heavy atom. The Bertz CT molecular complexity index is 852. The first-order valence-electron chi connectivity index (χ1n) is 13.0. The quantitative estimate of drug-likeness (QED) is 0.218. The Morgan fingerprint density at radius 1 is 0.515 bits per heavy atom. The van der Waals surface area contributed by atoms with Crippen LogP contribution in [0.2, 0.25) is 0 Å². The normalized spacial score (nSPS) is 12.0. The maximum Gasteiger partial charge on any atom is 0.0666 e. The molecule has 0 spiro atoms. The smallest absolute Gasteiger partial charge is 0.0652 e. The van der Waals surface area contributed by atoms with Crippen molar-refractivity contribution in [3.8, 4) is 0 Å². The second-order valence-corrected chi connectivity index (χ2v) is 17.0. The highest BCUT2D eigenvalue weighted by Crippen LogP contribution is 2.64. The van der Waals surface area contributed by atoms with Crippen LogP contribution in [0.25, 0.3) is 0 Å². The van der Waals surface area contributed by atoms with Gasteiger partial charge in [-0.25, -0.2) is 0 Å². The van der Waals surface area contributed by atoms with Crippen LogP contribution in [0.1, 0.15) is 59.3 Å². The van der Waals surface area contributed by atoms with E-state index in [9.17, 15) is 0 Å². The summed E-state index contributed by atoms with van der Waals surface area (Å²) in [6, 6.07) is 34.4. The van der Waals surface area contributed by atoms with E-state index in [-0.39, 0.29) is 0 Å². The van der Waals surface area contributed by atoms with Gasteiger partial charge in [-0.15, -0.1) is 0 Å². The van der Waals surface area contributed by atoms with Crippen LogP contribution in [-0.4, -0.2) is 24.0 Å². The first kappa shape index (κ1) is 26.0. The van der Waals surface area contributed by atoms with Crippen LogP contribution in [0.4, 0.5) is 0 Å². The number of benzene rings is 3. The van der Waals surface area contributed by atoms with Crippen LogP contribution in [-0.2, 0) is 0 Å². The lowest BCUT2D eigenvalue weighted by Gasteiger charge is -2.33. The lowest BCUT2D eigenvalue weighted by molar-refractivity contribution is 0.843. The van der Waals surface area contributed by atoms with E-state index in [2.05, 4.69) is 117 Å². The molecule has 3 aromatic rings. The highest BCUT2D eigenvalue weighted by molar-refractivity contribution is 8.09. The summed E-state index contributed by atoms with van der Waals surface area (Å²) in [4.78, 5) is 0. The van der Waals surface area contributed by atoms with Crippen molar-refractivity contribution in [1.29, 1.82) is 0 Å². The van der Waals surface area contributed by atoms with Crippen molar-refractivity contribution in [2.24, 2.45) is 0 Å². The molecule has 0 aliphatic carbocycles. The fraction of sp³-hybridized carbons (Fsp3) is 0.387. The lowest BCUT2D eigenvalue weighted by atomic mass is 10.4. The van der Waals surface area contributed by atoms with Gasteiger partial charge in [-0.05, 0) is 35.2 Å². The predicted molar refractivity (Wildman–Crippen MR) is 157 cm³/mol. The molecule has 0 heterocycles. The van der Waals surface area contributed by atoms with Crippen molar-refractivity contribution < 1.29 is 0 Å². The minimum atomic E-state index is -1.87. The standard InChI is InChI=1S/C31H43P2/c1-4-7-25-32(26-8-5-2,27-9-6-3)28-33(29-19-13-10-14-20-29,30-21-15-11-16-22-30)31-23-17-12-18-24-31/h10-24,28H,4-9,25-27H2,1-3H3/q+1. The molecule has 0 radical (unpaired) electrons. The van der Waals surface area contributed by atoms with E-state index in [4.69, 9.17) is 0 Å². The number of hydrogen-bond donors (Lipinski definition) is 0. The summed E-state index contributed by atoms with van der Waals surface area (Å²) >= 11 is 0. The van der Waals surface area contributed by atoms with Crippen molar-refractivity contribution >= 4 is 35.6 Å². The van der Waals surface area contributed by atoms with Crippen LogP contribution in [0.3, 0.4) is 0 Å². The van der Waals surface area contributed by atoms with E-state index in [1.165, 1.54) is 72.9 Å². The molecular weight excluding hydrogens is 434 g/mol. The average Bonchev–Trinajstić information content (AvgIpc) is 2.89. The van der Waals surface area contributed by atoms with Gasteiger partial charge in [0, 0.05) is 14.1 Å². The van der Waals surface area contributed by atoms with Gasteiger partial charge in [-0.2, -0.15) is 0 Å². The summed E-state index contributed by atoms with van der Waals surface area (Å²) in [5, 5.41) is 4.53. The van der Waals surface area contributed by atoms with E-state index in [1.807, 2.05) is 0 Å². The SMILES string of the molecule is CCCC[P+](C=P(c1ccccc1)(c1ccccc1)c1ccccc1)(CCCC)CCCC. The molecule has 0 aromatic heterocycles. The first-order chi connectivity index (χ1) is 16.2. The molecule has 176 valence electrons. The summed E-state index contributed by atoms with van der Waals surface area (Å²) in [5.74, 6) is 0. The maximum absolute atomic E-state index is 3.03. The van der Waals surface area contributed by atoms with Gasteiger partial charge in [0.15, 0.2) is 0 Å². The van der Waals surface area contributed by atoms with Crippen LogP contribution >= 0.6 is 14.1 Å². The topological polar surface area (TPSA) is 0 Å². The molecule has 0 atom stereocenters. The summed E-state index contributed by atoms with van der Waals surface area (Å²) in [6.07, 6.45) is 12.2. The zero-order valence-electron chi connectivity index (χ0n) is 21.0. The summed E-state index contributed by atoms with van der Waals surface area (Å²) < 4.78 is 0. The van der Waals surface area contributed by atoms with Gasteiger partial charge in [0.2, 0.25) is 0 Å². The Kier molecular flexibility index (Phi) is 10.5. The fourth-order valence-electron chi connectivity index (χ4n) is 4.93. The van der Waals surface area contributed by atoms with Gasteiger partial charge >= 0.3 is 0 Å². The van der Waals surface area contributed by atoms with E-state index >= 15 is 0 Å². The van der Waals surface area contributed by atoms with Crippen LogP contribution in [0.5, 0.6) is 0 Å². The van der Waals surface area contributed by atoms with Crippen molar-refractivity contribution in [3.05, 3.63) is 91.0 Å². The summed E-state index contributed by atoms with van der Waals surface area (Å²) in [6.45, 7) is 5.22. The molecule has 0 aliphatic rings. The molecule has 3 rings (SSSR count). The maximum atomic E-state index is 3.03. The number of rotatable bonds is 13. The van der Waals surface area contributed by atoms with E-state index < -0.39 is 14.1 Å².